The summed E-state index contributed by atoms with van der Waals surface area (Å²) in [6, 6.07) is 16.8. The van der Waals surface area contributed by atoms with Gasteiger partial charge in [0.05, 0.1) is 5.69 Å². The van der Waals surface area contributed by atoms with Crippen LogP contribution in [0.15, 0.2) is 73.8 Å². The highest BCUT2D eigenvalue weighted by atomic mass is 79.9. The molecule has 144 valence electrons. The van der Waals surface area contributed by atoms with Gasteiger partial charge in [-0.2, -0.15) is 5.11 Å². The summed E-state index contributed by atoms with van der Waals surface area (Å²) in [5.41, 5.74) is 0.483. The van der Waals surface area contributed by atoms with Crippen molar-refractivity contribution in [2.75, 3.05) is 0 Å². The molecule has 0 aliphatic rings. The van der Waals surface area contributed by atoms with E-state index in [1.807, 2.05) is 48.5 Å². The van der Waals surface area contributed by atoms with E-state index in [2.05, 4.69) is 42.1 Å². The third kappa shape index (κ3) is 5.39. The number of azo groups is 1. The van der Waals surface area contributed by atoms with Crippen molar-refractivity contribution in [3.05, 3.63) is 63.5 Å². The number of hydrogen-bond acceptors (Lipinski definition) is 5. The molecule has 0 bridgehead atoms. The lowest BCUT2D eigenvalue weighted by atomic mass is 10.1. The van der Waals surface area contributed by atoms with Crippen LogP contribution in [0.4, 0.5) is 16.2 Å². The third-order valence-electron chi connectivity index (χ3n) is 3.59. The fourth-order valence-electron chi connectivity index (χ4n) is 2.43. The second-order valence-corrected chi connectivity index (χ2v) is 8.85. The Bertz CT molecular complexity index is 1040. The Kier molecular flexibility index (Phi) is 6.15. The average Bonchev–Trinajstić information content (AvgIpc) is 2.60. The van der Waals surface area contributed by atoms with E-state index in [1.54, 1.807) is 26.8 Å². The first-order chi connectivity index (χ1) is 13.2. The lowest BCUT2D eigenvalue weighted by Gasteiger charge is -2.19. The van der Waals surface area contributed by atoms with E-state index in [-0.39, 0.29) is 5.75 Å². The Morgan fingerprint density at radius 3 is 2.25 bits per heavy atom. The minimum atomic E-state index is -0.788. The first kappa shape index (κ1) is 20.5. The molecule has 0 spiro atoms. The summed E-state index contributed by atoms with van der Waals surface area (Å²) in [5.74, 6) is 0.282. The topological polar surface area (TPSA) is 60.2 Å². The molecule has 0 atom stereocenters. The van der Waals surface area contributed by atoms with E-state index >= 15 is 0 Å². The van der Waals surface area contributed by atoms with E-state index < -0.39 is 11.8 Å². The summed E-state index contributed by atoms with van der Waals surface area (Å²) in [6.07, 6.45) is -0.788. The highest BCUT2D eigenvalue weighted by molar-refractivity contribution is 9.10. The highest BCUT2D eigenvalue weighted by Crippen LogP contribution is 2.38. The number of nitrogens with zero attached hydrogens (tertiary/aromatic N) is 2. The van der Waals surface area contributed by atoms with Crippen molar-refractivity contribution in [3.8, 4) is 5.75 Å². The number of benzene rings is 3. The molecule has 3 aromatic rings. The molecule has 0 heterocycles. The standard InChI is InChI=1S/C21H18Br2N2O3/c1-21(2,3)28-20(26)27-18-11-4-13-12-15(23)7-10-17(13)19(18)25-24-16-8-5-14(22)6-9-16/h4-12H,1-3H3. The first-order valence-corrected chi connectivity index (χ1v) is 10.1. The first-order valence-electron chi connectivity index (χ1n) is 8.52. The quantitative estimate of drug-likeness (QED) is 0.205. The van der Waals surface area contributed by atoms with Crippen molar-refractivity contribution in [1.82, 2.24) is 0 Å². The zero-order valence-electron chi connectivity index (χ0n) is 15.6. The van der Waals surface area contributed by atoms with Gasteiger partial charge in [-0.15, -0.1) is 5.11 Å². The van der Waals surface area contributed by atoms with E-state index in [9.17, 15) is 4.79 Å². The van der Waals surface area contributed by atoms with E-state index in [0.29, 0.717) is 11.4 Å². The van der Waals surface area contributed by atoms with Gasteiger partial charge in [-0.1, -0.05) is 44.0 Å². The number of fused-ring (bicyclic) bond motifs is 1. The van der Waals surface area contributed by atoms with Gasteiger partial charge in [0.15, 0.2) is 5.75 Å². The Morgan fingerprint density at radius 1 is 0.893 bits per heavy atom. The molecule has 28 heavy (non-hydrogen) atoms. The molecule has 0 saturated heterocycles. The molecule has 0 aliphatic carbocycles. The number of rotatable bonds is 3. The summed E-state index contributed by atoms with van der Waals surface area (Å²) in [7, 11) is 0. The average molecular weight is 506 g/mol. The van der Waals surface area contributed by atoms with Crippen molar-refractivity contribution in [2.24, 2.45) is 10.2 Å². The Balaban J connectivity index is 2.02. The Labute approximate surface area is 180 Å². The Morgan fingerprint density at radius 2 is 1.57 bits per heavy atom. The van der Waals surface area contributed by atoms with Crippen LogP contribution in [0.3, 0.4) is 0 Å². The van der Waals surface area contributed by atoms with E-state index in [4.69, 9.17) is 9.47 Å². The molecule has 0 radical (unpaired) electrons. The van der Waals surface area contributed by atoms with Crippen molar-refractivity contribution in [3.63, 3.8) is 0 Å². The van der Waals surface area contributed by atoms with Gasteiger partial charge in [0, 0.05) is 14.3 Å². The van der Waals surface area contributed by atoms with Crippen LogP contribution in [0.25, 0.3) is 10.8 Å². The lowest BCUT2D eigenvalue weighted by molar-refractivity contribution is 0.0207. The number of halogens is 2. The largest absolute Gasteiger partial charge is 0.514 e. The molecule has 3 aromatic carbocycles. The molecular formula is C21H18Br2N2O3. The van der Waals surface area contributed by atoms with E-state index in [1.165, 1.54) is 0 Å². The minimum absolute atomic E-state index is 0.282. The van der Waals surface area contributed by atoms with Crippen LogP contribution < -0.4 is 4.74 Å². The monoisotopic (exact) mass is 504 g/mol. The van der Waals surface area contributed by atoms with Gasteiger partial charge >= 0.3 is 6.16 Å². The van der Waals surface area contributed by atoms with Gasteiger partial charge in [0.25, 0.3) is 0 Å². The molecular weight excluding hydrogens is 488 g/mol. The number of hydrogen-bond donors (Lipinski definition) is 0. The molecule has 0 N–H and O–H groups in total. The van der Waals surface area contributed by atoms with Crippen molar-refractivity contribution in [1.29, 1.82) is 0 Å². The van der Waals surface area contributed by atoms with Crippen LogP contribution in [0.1, 0.15) is 20.8 Å². The second kappa shape index (κ2) is 8.41. The van der Waals surface area contributed by atoms with Crippen molar-refractivity contribution < 1.29 is 14.3 Å². The number of carbonyl (C=O) groups excluding carboxylic acids is 1. The van der Waals surface area contributed by atoms with Gasteiger partial charge < -0.3 is 9.47 Å². The maximum atomic E-state index is 12.2. The van der Waals surface area contributed by atoms with Crippen molar-refractivity contribution >= 4 is 60.2 Å². The zero-order chi connectivity index (χ0) is 20.3. The molecule has 7 heteroatoms. The van der Waals surface area contributed by atoms with Gasteiger partial charge in [0.2, 0.25) is 0 Å². The maximum Gasteiger partial charge on any atom is 0.514 e. The lowest BCUT2D eigenvalue weighted by Crippen LogP contribution is -2.26. The van der Waals surface area contributed by atoms with Gasteiger partial charge in [0.1, 0.15) is 11.3 Å². The summed E-state index contributed by atoms with van der Waals surface area (Å²) in [6.45, 7) is 5.33. The molecule has 5 nitrogen and oxygen atoms in total. The fourth-order valence-corrected chi connectivity index (χ4v) is 3.07. The Hall–Kier alpha value is -2.25. The number of ether oxygens (including phenoxy) is 2. The zero-order valence-corrected chi connectivity index (χ0v) is 18.7. The van der Waals surface area contributed by atoms with Crippen molar-refractivity contribution in [2.45, 2.75) is 26.4 Å². The van der Waals surface area contributed by atoms with Crippen LogP contribution in [-0.4, -0.2) is 11.8 Å². The smallest absolute Gasteiger partial charge is 0.428 e. The molecule has 0 saturated carbocycles. The predicted molar refractivity (Wildman–Crippen MR) is 117 cm³/mol. The molecule has 3 rings (SSSR count). The molecule has 0 unspecified atom stereocenters. The summed E-state index contributed by atoms with van der Waals surface area (Å²) in [4.78, 5) is 12.2. The molecule has 0 aromatic heterocycles. The molecule has 0 aliphatic heterocycles. The summed E-state index contributed by atoms with van der Waals surface area (Å²) in [5, 5.41) is 10.4. The second-order valence-electron chi connectivity index (χ2n) is 7.02. The van der Waals surface area contributed by atoms with Crippen LogP contribution in [-0.2, 0) is 4.74 Å². The third-order valence-corrected chi connectivity index (χ3v) is 4.61. The molecule has 0 amide bonds. The normalized spacial score (nSPS) is 11.8. The van der Waals surface area contributed by atoms with Gasteiger partial charge in [-0.3, -0.25) is 0 Å². The van der Waals surface area contributed by atoms with Crippen LogP contribution in [0.5, 0.6) is 5.75 Å². The predicted octanol–water partition coefficient (Wildman–Crippen LogP) is 8.09. The van der Waals surface area contributed by atoms with Crippen LogP contribution in [0, 0.1) is 0 Å². The summed E-state index contributed by atoms with van der Waals surface area (Å²) < 4.78 is 12.6. The van der Waals surface area contributed by atoms with E-state index in [0.717, 1.165) is 19.7 Å². The summed E-state index contributed by atoms with van der Waals surface area (Å²) >= 11 is 6.86. The van der Waals surface area contributed by atoms with Crippen LogP contribution >= 0.6 is 31.9 Å². The minimum Gasteiger partial charge on any atom is -0.428 e. The van der Waals surface area contributed by atoms with Gasteiger partial charge in [-0.05, 0) is 68.6 Å². The van der Waals surface area contributed by atoms with Crippen LogP contribution in [0.2, 0.25) is 0 Å². The SMILES string of the molecule is CC(C)(C)OC(=O)Oc1ccc2cc(Br)ccc2c1N=Nc1ccc(Br)cc1. The fraction of sp³-hybridized carbons (Fsp3) is 0.190. The molecule has 0 fully saturated rings. The van der Waals surface area contributed by atoms with Gasteiger partial charge in [-0.25, -0.2) is 4.79 Å². The maximum absolute atomic E-state index is 12.2. The highest BCUT2D eigenvalue weighted by Gasteiger charge is 2.20. The number of carbonyl (C=O) groups is 1.